The summed E-state index contributed by atoms with van der Waals surface area (Å²) in [4.78, 5) is 0. The molecule has 0 aliphatic heterocycles. The summed E-state index contributed by atoms with van der Waals surface area (Å²) in [5.41, 5.74) is 0. The van der Waals surface area contributed by atoms with Crippen LogP contribution in [-0.4, -0.2) is 21.2 Å². The Hall–Kier alpha value is -0.190. The molecule has 1 saturated carbocycles. The van der Waals surface area contributed by atoms with Crippen molar-refractivity contribution in [3.8, 4) is 0 Å². The molecule has 0 heterocycles. The highest BCUT2D eigenvalue weighted by atomic mass is 32.2. The molecule has 1 aliphatic carbocycles. The molecule has 0 spiro atoms. The second-order valence-electron chi connectivity index (χ2n) is 4.30. The van der Waals surface area contributed by atoms with E-state index in [0.717, 1.165) is 0 Å². The molecule has 1 rings (SSSR count). The molecule has 3 nitrogen and oxygen atoms in total. The Labute approximate surface area is 88.3 Å². The van der Waals surface area contributed by atoms with Gasteiger partial charge in [-0.15, -0.1) is 0 Å². The lowest BCUT2D eigenvalue weighted by atomic mass is 10.1. The summed E-state index contributed by atoms with van der Waals surface area (Å²) in [5.74, 6) is 0. The van der Waals surface area contributed by atoms with Gasteiger partial charge in [0.15, 0.2) is 0 Å². The van der Waals surface area contributed by atoms with Gasteiger partial charge in [0.25, 0.3) is 0 Å². The van der Waals surface area contributed by atoms with Crippen LogP contribution in [0.3, 0.4) is 0 Å². The van der Waals surface area contributed by atoms with E-state index in [4.69, 9.17) is 9.88 Å². The molecule has 0 amide bonds. The second kappa shape index (κ2) is 4.55. The molecule has 82 valence electrons. The highest BCUT2D eigenvalue weighted by molar-refractivity contribution is 7.84. The largest absolute Gasteiger partial charge is 0.371 e. The Bertz CT molecular complexity index is 247. The van der Waals surface area contributed by atoms with Crippen molar-refractivity contribution in [2.45, 2.75) is 50.6 Å². The zero-order chi connectivity index (χ0) is 10.8. The Kier molecular flexibility index (Phi) is 3.86. The van der Waals surface area contributed by atoms with E-state index in [1.54, 1.807) is 0 Å². The molecule has 1 fully saturated rings. The van der Waals surface area contributed by atoms with Gasteiger partial charge in [-0.25, -0.2) is 4.21 Å². The summed E-state index contributed by atoms with van der Waals surface area (Å²) in [6.07, 6.45) is 6.68. The molecule has 2 atom stereocenters. The van der Waals surface area contributed by atoms with Gasteiger partial charge in [-0.3, -0.25) is 5.14 Å². The van der Waals surface area contributed by atoms with Crippen LogP contribution < -0.4 is 5.14 Å². The van der Waals surface area contributed by atoms with Crippen molar-refractivity contribution in [1.82, 2.24) is 0 Å². The smallest absolute Gasteiger partial charge is 0.0984 e. The predicted octanol–water partition coefficient (Wildman–Crippen LogP) is 1.51. The number of nitrogens with two attached hydrogens (primary N) is 1. The third-order valence-corrected chi connectivity index (χ3v) is 3.39. The summed E-state index contributed by atoms with van der Waals surface area (Å²) in [6.45, 7) is 5.69. The first-order valence-electron chi connectivity index (χ1n) is 4.93. The van der Waals surface area contributed by atoms with E-state index >= 15 is 0 Å². The minimum absolute atomic E-state index is 0.0883. The third-order valence-electron chi connectivity index (χ3n) is 2.22. The van der Waals surface area contributed by atoms with Crippen molar-refractivity contribution >= 4 is 11.0 Å². The van der Waals surface area contributed by atoms with E-state index in [-0.39, 0.29) is 6.10 Å². The topological polar surface area (TPSA) is 52.3 Å². The average molecular weight is 217 g/mol. The molecule has 14 heavy (non-hydrogen) atoms. The Balaban J connectivity index is 2.39. The zero-order valence-corrected chi connectivity index (χ0v) is 9.84. The van der Waals surface area contributed by atoms with Crippen molar-refractivity contribution < 1.29 is 8.95 Å². The quantitative estimate of drug-likeness (QED) is 0.710. The van der Waals surface area contributed by atoms with Gasteiger partial charge in [0.05, 0.1) is 27.9 Å². The lowest BCUT2D eigenvalue weighted by Gasteiger charge is -2.17. The van der Waals surface area contributed by atoms with Crippen LogP contribution in [0.4, 0.5) is 0 Å². The van der Waals surface area contributed by atoms with E-state index < -0.39 is 15.7 Å². The molecule has 0 aromatic heterocycles. The van der Waals surface area contributed by atoms with E-state index in [9.17, 15) is 4.21 Å². The van der Waals surface area contributed by atoms with Crippen LogP contribution in [0.2, 0.25) is 0 Å². The maximum absolute atomic E-state index is 11.1. The lowest BCUT2D eigenvalue weighted by molar-refractivity contribution is 0.0829. The van der Waals surface area contributed by atoms with Gasteiger partial charge >= 0.3 is 0 Å². The normalized spacial score (nSPS) is 22.6. The van der Waals surface area contributed by atoms with Gasteiger partial charge in [-0.2, -0.15) is 0 Å². The number of ether oxygens (including phenoxy) is 1. The molecule has 0 radical (unpaired) electrons. The lowest BCUT2D eigenvalue weighted by Crippen LogP contribution is -2.29. The highest BCUT2D eigenvalue weighted by Crippen LogP contribution is 2.25. The fraction of sp³-hybridized carbons (Fsp3) is 0.800. The van der Waals surface area contributed by atoms with E-state index in [0.29, 0.717) is 6.10 Å². The molecule has 0 saturated heterocycles. The maximum Gasteiger partial charge on any atom is 0.0984 e. The first-order chi connectivity index (χ1) is 6.42. The molecule has 1 unspecified atom stereocenters. The molecule has 0 aromatic carbocycles. The monoisotopic (exact) mass is 217 g/mol. The maximum atomic E-state index is 11.1. The molecule has 2 N–H and O–H groups in total. The summed E-state index contributed by atoms with van der Waals surface area (Å²) >= 11 is 0. The molecule has 1 aliphatic rings. The van der Waals surface area contributed by atoms with Crippen LogP contribution in [0, 0.1) is 0 Å². The Morgan fingerprint density at radius 2 is 2.14 bits per heavy atom. The summed E-state index contributed by atoms with van der Waals surface area (Å²) in [6, 6.07) is 0. The first kappa shape index (κ1) is 11.9. The summed E-state index contributed by atoms with van der Waals surface area (Å²) in [7, 11) is -1.33. The molecular formula is C10H19NO2S. The van der Waals surface area contributed by atoms with Crippen molar-refractivity contribution in [3.63, 3.8) is 0 Å². The summed E-state index contributed by atoms with van der Waals surface area (Å²) < 4.78 is 16.2. The van der Waals surface area contributed by atoms with Gasteiger partial charge in [-0.1, -0.05) is 12.2 Å². The van der Waals surface area contributed by atoms with Crippen LogP contribution in [0.5, 0.6) is 0 Å². The predicted molar refractivity (Wildman–Crippen MR) is 59.1 cm³/mol. The zero-order valence-electron chi connectivity index (χ0n) is 9.03. The fourth-order valence-corrected chi connectivity index (χ4v) is 1.20. The Morgan fingerprint density at radius 3 is 2.57 bits per heavy atom. The molecule has 0 aromatic rings. The molecule has 0 bridgehead atoms. The second-order valence-corrected chi connectivity index (χ2v) is 5.95. The Morgan fingerprint density at radius 1 is 1.57 bits per heavy atom. The highest BCUT2D eigenvalue weighted by Gasteiger charge is 2.24. The SMILES string of the molecule is C[C@H](/C=C/C(C)(C)S(N)=O)OC1CC1. The van der Waals surface area contributed by atoms with Gasteiger partial charge in [0.1, 0.15) is 0 Å². The molecule has 4 heteroatoms. The van der Waals surface area contributed by atoms with Crippen molar-refractivity contribution in [2.75, 3.05) is 0 Å². The minimum atomic E-state index is -1.33. The minimum Gasteiger partial charge on any atom is -0.371 e. The van der Waals surface area contributed by atoms with E-state index in [2.05, 4.69) is 0 Å². The van der Waals surface area contributed by atoms with Crippen molar-refractivity contribution in [2.24, 2.45) is 5.14 Å². The van der Waals surface area contributed by atoms with Crippen molar-refractivity contribution in [3.05, 3.63) is 12.2 Å². The van der Waals surface area contributed by atoms with Crippen LogP contribution in [0.1, 0.15) is 33.6 Å². The third kappa shape index (κ3) is 3.90. The van der Waals surface area contributed by atoms with E-state index in [1.165, 1.54) is 12.8 Å². The van der Waals surface area contributed by atoms with E-state index in [1.807, 2.05) is 32.9 Å². The van der Waals surface area contributed by atoms with Gasteiger partial charge in [0, 0.05) is 0 Å². The van der Waals surface area contributed by atoms with Gasteiger partial charge < -0.3 is 4.74 Å². The van der Waals surface area contributed by atoms with Crippen LogP contribution in [0.15, 0.2) is 12.2 Å². The van der Waals surface area contributed by atoms with Gasteiger partial charge in [-0.05, 0) is 33.6 Å². The number of hydrogen-bond acceptors (Lipinski definition) is 2. The van der Waals surface area contributed by atoms with Crippen LogP contribution in [0.25, 0.3) is 0 Å². The standard InChI is InChI=1S/C10H19NO2S/c1-8(13-9-4-5-9)6-7-10(2,3)14(11)12/h6-9H,4-5,11H2,1-3H3/b7-6+/t8-,14?/m1/s1. The number of hydrogen-bond donors (Lipinski definition) is 1. The van der Waals surface area contributed by atoms with Crippen LogP contribution >= 0.6 is 0 Å². The molecular weight excluding hydrogens is 198 g/mol. The first-order valence-corrected chi connectivity index (χ1v) is 6.14. The van der Waals surface area contributed by atoms with Crippen LogP contribution in [-0.2, 0) is 15.7 Å². The number of rotatable bonds is 5. The van der Waals surface area contributed by atoms with Gasteiger partial charge in [0.2, 0.25) is 0 Å². The van der Waals surface area contributed by atoms with Crippen molar-refractivity contribution in [1.29, 1.82) is 0 Å². The fourth-order valence-electron chi connectivity index (χ4n) is 0.987. The summed E-state index contributed by atoms with van der Waals surface area (Å²) in [5, 5.41) is 5.35. The average Bonchev–Trinajstić information content (AvgIpc) is 2.85.